The summed E-state index contributed by atoms with van der Waals surface area (Å²) in [5, 5.41) is 8.49. The number of carboxylic acid groups (broad SMARTS) is 1. The van der Waals surface area contributed by atoms with Gasteiger partial charge in [0.2, 0.25) is 0 Å². The summed E-state index contributed by atoms with van der Waals surface area (Å²) in [5.41, 5.74) is 6.64. The molecule has 1 unspecified atom stereocenters. The Kier molecular flexibility index (Phi) is 4.17. The first-order chi connectivity index (χ1) is 7.08. The van der Waals surface area contributed by atoms with Crippen molar-refractivity contribution in [1.29, 1.82) is 0 Å². The van der Waals surface area contributed by atoms with Crippen LogP contribution in [0.4, 0.5) is 0 Å². The van der Waals surface area contributed by atoms with Crippen LogP contribution in [0.3, 0.4) is 0 Å². The first-order valence-electron chi connectivity index (χ1n) is 4.84. The van der Waals surface area contributed by atoms with E-state index in [1.54, 1.807) is 12.3 Å². The zero-order valence-corrected chi connectivity index (χ0v) is 8.68. The van der Waals surface area contributed by atoms with E-state index >= 15 is 0 Å². The average Bonchev–Trinajstić information content (AvgIpc) is 2.15. The molecule has 1 aromatic rings. The SMILES string of the molecule is Cc1nccc(CC(N)CCC(=O)O)n1. The fourth-order valence-corrected chi connectivity index (χ4v) is 1.30. The predicted molar refractivity (Wildman–Crippen MR) is 55.3 cm³/mol. The number of rotatable bonds is 5. The van der Waals surface area contributed by atoms with Gasteiger partial charge >= 0.3 is 5.97 Å². The third kappa shape index (κ3) is 4.51. The van der Waals surface area contributed by atoms with Gasteiger partial charge in [0.25, 0.3) is 0 Å². The minimum Gasteiger partial charge on any atom is -0.481 e. The van der Waals surface area contributed by atoms with Crippen LogP contribution in [-0.4, -0.2) is 27.1 Å². The summed E-state index contributed by atoms with van der Waals surface area (Å²) in [7, 11) is 0. The summed E-state index contributed by atoms with van der Waals surface area (Å²) in [6.07, 6.45) is 2.85. The minimum atomic E-state index is -0.815. The number of carboxylic acids is 1. The van der Waals surface area contributed by atoms with Crippen LogP contribution in [0, 0.1) is 6.92 Å². The normalized spacial score (nSPS) is 12.4. The molecule has 1 atom stereocenters. The molecular formula is C10H15N3O2. The predicted octanol–water partition coefficient (Wildman–Crippen LogP) is 0.520. The van der Waals surface area contributed by atoms with Crippen molar-refractivity contribution in [1.82, 2.24) is 9.97 Å². The Balaban J connectivity index is 2.44. The minimum absolute atomic E-state index is 0.102. The van der Waals surface area contributed by atoms with E-state index < -0.39 is 5.97 Å². The van der Waals surface area contributed by atoms with Gasteiger partial charge in [-0.3, -0.25) is 4.79 Å². The number of aryl methyl sites for hydroxylation is 1. The molecule has 0 radical (unpaired) electrons. The van der Waals surface area contributed by atoms with Crippen molar-refractivity contribution in [2.24, 2.45) is 5.73 Å². The molecule has 5 heteroatoms. The zero-order chi connectivity index (χ0) is 11.3. The molecule has 0 aliphatic carbocycles. The Bertz CT molecular complexity index is 341. The maximum atomic E-state index is 10.3. The van der Waals surface area contributed by atoms with E-state index in [9.17, 15) is 4.79 Å². The standard InChI is InChI=1S/C10H15N3O2/c1-7-12-5-4-9(13-7)6-8(11)2-3-10(14)15/h4-5,8H,2-3,6,11H2,1H3,(H,14,15). The molecule has 1 aromatic heterocycles. The van der Waals surface area contributed by atoms with Crippen LogP contribution in [0.5, 0.6) is 0 Å². The van der Waals surface area contributed by atoms with E-state index in [0.717, 1.165) is 5.69 Å². The second-order valence-corrected chi connectivity index (χ2v) is 3.49. The first-order valence-corrected chi connectivity index (χ1v) is 4.84. The van der Waals surface area contributed by atoms with E-state index in [2.05, 4.69) is 9.97 Å². The highest BCUT2D eigenvalue weighted by Crippen LogP contribution is 2.03. The van der Waals surface area contributed by atoms with Gasteiger partial charge in [-0.15, -0.1) is 0 Å². The quantitative estimate of drug-likeness (QED) is 0.738. The highest BCUT2D eigenvalue weighted by molar-refractivity contribution is 5.66. The Hall–Kier alpha value is -1.49. The van der Waals surface area contributed by atoms with Crippen molar-refractivity contribution in [3.63, 3.8) is 0 Å². The highest BCUT2D eigenvalue weighted by atomic mass is 16.4. The van der Waals surface area contributed by atoms with Gasteiger partial charge in [0.05, 0.1) is 0 Å². The molecule has 0 amide bonds. The Morgan fingerprint density at radius 3 is 3.00 bits per heavy atom. The van der Waals surface area contributed by atoms with Crippen LogP contribution in [0.2, 0.25) is 0 Å². The first kappa shape index (κ1) is 11.6. The van der Waals surface area contributed by atoms with Crippen molar-refractivity contribution in [3.8, 4) is 0 Å². The molecule has 1 rings (SSSR count). The lowest BCUT2D eigenvalue weighted by molar-refractivity contribution is -0.137. The lowest BCUT2D eigenvalue weighted by Crippen LogP contribution is -2.24. The third-order valence-corrected chi connectivity index (χ3v) is 2.03. The Morgan fingerprint density at radius 1 is 1.67 bits per heavy atom. The molecule has 0 bridgehead atoms. The summed E-state index contributed by atoms with van der Waals surface area (Å²) in [6.45, 7) is 1.81. The molecule has 0 fully saturated rings. The number of hydrogen-bond acceptors (Lipinski definition) is 4. The van der Waals surface area contributed by atoms with Crippen molar-refractivity contribution in [2.75, 3.05) is 0 Å². The van der Waals surface area contributed by atoms with Crippen molar-refractivity contribution in [3.05, 3.63) is 23.8 Å². The van der Waals surface area contributed by atoms with Gasteiger partial charge in [-0.05, 0) is 19.4 Å². The Labute approximate surface area is 88.4 Å². The molecule has 15 heavy (non-hydrogen) atoms. The molecule has 3 N–H and O–H groups in total. The maximum Gasteiger partial charge on any atom is 0.303 e. The van der Waals surface area contributed by atoms with Crippen LogP contribution in [-0.2, 0) is 11.2 Å². The van der Waals surface area contributed by atoms with Crippen LogP contribution in [0.1, 0.15) is 24.4 Å². The number of hydrogen-bond donors (Lipinski definition) is 2. The largest absolute Gasteiger partial charge is 0.481 e. The van der Waals surface area contributed by atoms with E-state index in [-0.39, 0.29) is 12.5 Å². The molecule has 1 heterocycles. The van der Waals surface area contributed by atoms with Gasteiger partial charge in [-0.25, -0.2) is 9.97 Å². The van der Waals surface area contributed by atoms with Crippen LogP contribution in [0.15, 0.2) is 12.3 Å². The molecule has 82 valence electrons. The third-order valence-electron chi connectivity index (χ3n) is 2.03. The highest BCUT2D eigenvalue weighted by Gasteiger charge is 2.07. The molecular weight excluding hydrogens is 194 g/mol. The smallest absolute Gasteiger partial charge is 0.303 e. The lowest BCUT2D eigenvalue weighted by atomic mass is 10.1. The molecule has 0 saturated carbocycles. The van der Waals surface area contributed by atoms with Crippen molar-refractivity contribution >= 4 is 5.97 Å². The van der Waals surface area contributed by atoms with Gasteiger partial charge in [0.15, 0.2) is 0 Å². The molecule has 0 aromatic carbocycles. The van der Waals surface area contributed by atoms with Crippen LogP contribution in [0.25, 0.3) is 0 Å². The van der Waals surface area contributed by atoms with Crippen molar-refractivity contribution in [2.45, 2.75) is 32.2 Å². The number of carbonyl (C=O) groups is 1. The van der Waals surface area contributed by atoms with Gasteiger partial charge < -0.3 is 10.8 Å². The lowest BCUT2D eigenvalue weighted by Gasteiger charge is -2.09. The topological polar surface area (TPSA) is 89.1 Å². The number of aliphatic carboxylic acids is 1. The molecule has 5 nitrogen and oxygen atoms in total. The van der Waals surface area contributed by atoms with E-state index in [4.69, 9.17) is 10.8 Å². The maximum absolute atomic E-state index is 10.3. The van der Waals surface area contributed by atoms with Gasteiger partial charge in [-0.1, -0.05) is 0 Å². The van der Waals surface area contributed by atoms with Crippen molar-refractivity contribution < 1.29 is 9.90 Å². The van der Waals surface area contributed by atoms with E-state index in [0.29, 0.717) is 18.7 Å². The summed E-state index contributed by atoms with van der Waals surface area (Å²) < 4.78 is 0. The van der Waals surface area contributed by atoms with Crippen LogP contribution < -0.4 is 5.73 Å². The van der Waals surface area contributed by atoms with E-state index in [1.165, 1.54) is 0 Å². The fourth-order valence-electron chi connectivity index (χ4n) is 1.30. The second-order valence-electron chi connectivity index (χ2n) is 3.49. The van der Waals surface area contributed by atoms with Crippen LogP contribution >= 0.6 is 0 Å². The monoisotopic (exact) mass is 209 g/mol. The Morgan fingerprint density at radius 2 is 2.40 bits per heavy atom. The second kappa shape index (κ2) is 5.41. The number of nitrogens with zero attached hydrogens (tertiary/aromatic N) is 2. The molecule has 0 spiro atoms. The zero-order valence-electron chi connectivity index (χ0n) is 8.68. The number of aromatic nitrogens is 2. The molecule has 0 saturated heterocycles. The molecule has 0 aliphatic heterocycles. The fraction of sp³-hybridized carbons (Fsp3) is 0.500. The summed E-state index contributed by atoms with van der Waals surface area (Å²) >= 11 is 0. The van der Waals surface area contributed by atoms with Gasteiger partial charge in [0, 0.05) is 30.8 Å². The average molecular weight is 209 g/mol. The van der Waals surface area contributed by atoms with E-state index in [1.807, 2.05) is 6.92 Å². The van der Waals surface area contributed by atoms with Gasteiger partial charge in [-0.2, -0.15) is 0 Å². The summed E-state index contributed by atoms with van der Waals surface area (Å²) in [6, 6.07) is 1.64. The van der Waals surface area contributed by atoms with Gasteiger partial charge in [0.1, 0.15) is 5.82 Å². The molecule has 0 aliphatic rings. The summed E-state index contributed by atoms with van der Waals surface area (Å²) in [4.78, 5) is 18.5. The number of nitrogens with two attached hydrogens (primary N) is 1. The summed E-state index contributed by atoms with van der Waals surface area (Å²) in [5.74, 6) is -0.109.